The van der Waals surface area contributed by atoms with Crippen LogP contribution in [0.3, 0.4) is 0 Å². The summed E-state index contributed by atoms with van der Waals surface area (Å²) in [5.74, 6) is -0.358. The third-order valence-electron chi connectivity index (χ3n) is 3.70. The van der Waals surface area contributed by atoms with E-state index < -0.39 is 0 Å². The Balaban J connectivity index is 2.07. The molecule has 0 spiro atoms. The van der Waals surface area contributed by atoms with E-state index in [-0.39, 0.29) is 17.8 Å². The SMILES string of the molecule is CCOC(=O)[C@H]1CCCN(C(=O)c2ccccc2C)C1. The second-order valence-corrected chi connectivity index (χ2v) is 5.16. The summed E-state index contributed by atoms with van der Waals surface area (Å²) in [6.45, 7) is 5.30. The fraction of sp³-hybridized carbons (Fsp3) is 0.500. The van der Waals surface area contributed by atoms with Gasteiger partial charge in [-0.3, -0.25) is 9.59 Å². The molecule has 0 N–H and O–H groups in total. The lowest BCUT2D eigenvalue weighted by atomic mass is 9.97. The highest BCUT2D eigenvalue weighted by atomic mass is 16.5. The Kier molecular flexibility index (Phi) is 4.77. The van der Waals surface area contributed by atoms with E-state index in [1.54, 1.807) is 11.8 Å². The van der Waals surface area contributed by atoms with Gasteiger partial charge in [-0.25, -0.2) is 0 Å². The molecular weight excluding hydrogens is 254 g/mol. The van der Waals surface area contributed by atoms with Gasteiger partial charge < -0.3 is 9.64 Å². The highest BCUT2D eigenvalue weighted by Crippen LogP contribution is 2.21. The van der Waals surface area contributed by atoms with Crippen LogP contribution in [0.1, 0.15) is 35.7 Å². The Hall–Kier alpha value is -1.84. The van der Waals surface area contributed by atoms with E-state index in [2.05, 4.69) is 0 Å². The average molecular weight is 275 g/mol. The summed E-state index contributed by atoms with van der Waals surface area (Å²) in [5, 5.41) is 0. The Labute approximate surface area is 119 Å². The zero-order valence-electron chi connectivity index (χ0n) is 12.1. The Bertz CT molecular complexity index is 498. The smallest absolute Gasteiger partial charge is 0.310 e. The Morgan fingerprint density at radius 1 is 1.35 bits per heavy atom. The molecule has 1 saturated heterocycles. The fourth-order valence-corrected chi connectivity index (χ4v) is 2.60. The number of benzene rings is 1. The molecule has 0 aliphatic carbocycles. The molecule has 0 saturated carbocycles. The van der Waals surface area contributed by atoms with Crippen LogP contribution in [0.25, 0.3) is 0 Å². The summed E-state index contributed by atoms with van der Waals surface area (Å²) < 4.78 is 5.06. The van der Waals surface area contributed by atoms with Gasteiger partial charge in [-0.15, -0.1) is 0 Å². The number of aryl methyl sites for hydroxylation is 1. The molecule has 1 aliphatic heterocycles. The summed E-state index contributed by atoms with van der Waals surface area (Å²) in [7, 11) is 0. The molecule has 1 amide bonds. The van der Waals surface area contributed by atoms with Crippen molar-refractivity contribution in [2.75, 3.05) is 19.7 Å². The van der Waals surface area contributed by atoms with Gasteiger partial charge in [0.1, 0.15) is 0 Å². The minimum Gasteiger partial charge on any atom is -0.466 e. The van der Waals surface area contributed by atoms with Crippen molar-refractivity contribution in [2.24, 2.45) is 5.92 Å². The molecule has 1 aliphatic rings. The van der Waals surface area contributed by atoms with Crippen molar-refractivity contribution in [2.45, 2.75) is 26.7 Å². The standard InChI is InChI=1S/C16H21NO3/c1-3-20-16(19)13-8-6-10-17(11-13)15(18)14-9-5-4-7-12(14)2/h4-5,7,9,13H,3,6,8,10-11H2,1-2H3/t13-/m0/s1. The van der Waals surface area contributed by atoms with E-state index in [9.17, 15) is 9.59 Å². The minimum atomic E-state index is -0.185. The number of piperidine rings is 1. The van der Waals surface area contributed by atoms with E-state index in [4.69, 9.17) is 4.74 Å². The van der Waals surface area contributed by atoms with Gasteiger partial charge in [0.2, 0.25) is 0 Å². The van der Waals surface area contributed by atoms with Gasteiger partial charge in [0.15, 0.2) is 0 Å². The molecule has 1 aromatic carbocycles. The highest BCUT2D eigenvalue weighted by Gasteiger charge is 2.30. The van der Waals surface area contributed by atoms with Crippen molar-refractivity contribution in [1.29, 1.82) is 0 Å². The van der Waals surface area contributed by atoms with E-state index in [0.717, 1.165) is 24.0 Å². The summed E-state index contributed by atoms with van der Waals surface area (Å²) in [4.78, 5) is 26.1. The Morgan fingerprint density at radius 2 is 2.10 bits per heavy atom. The number of esters is 1. The summed E-state index contributed by atoms with van der Waals surface area (Å²) >= 11 is 0. The van der Waals surface area contributed by atoms with Crippen molar-refractivity contribution in [3.8, 4) is 0 Å². The largest absolute Gasteiger partial charge is 0.466 e. The maximum Gasteiger partial charge on any atom is 0.310 e. The van der Waals surface area contributed by atoms with Crippen LogP contribution in [0, 0.1) is 12.8 Å². The van der Waals surface area contributed by atoms with Crippen LogP contribution in [-0.4, -0.2) is 36.5 Å². The van der Waals surface area contributed by atoms with Gasteiger partial charge in [-0.05, 0) is 38.3 Å². The molecule has 4 heteroatoms. The van der Waals surface area contributed by atoms with Crippen molar-refractivity contribution < 1.29 is 14.3 Å². The molecule has 108 valence electrons. The predicted molar refractivity (Wildman–Crippen MR) is 76.4 cm³/mol. The molecule has 1 aromatic rings. The summed E-state index contributed by atoms with van der Waals surface area (Å²) in [5.41, 5.74) is 1.69. The molecule has 2 rings (SSSR count). The van der Waals surface area contributed by atoms with Gasteiger partial charge in [0, 0.05) is 18.7 Å². The Morgan fingerprint density at radius 3 is 2.80 bits per heavy atom. The van der Waals surface area contributed by atoms with Gasteiger partial charge in [-0.2, -0.15) is 0 Å². The first kappa shape index (κ1) is 14.6. The maximum atomic E-state index is 12.5. The first-order valence-corrected chi connectivity index (χ1v) is 7.15. The number of hydrogen-bond acceptors (Lipinski definition) is 3. The predicted octanol–water partition coefficient (Wildman–Crippen LogP) is 2.41. The van der Waals surface area contributed by atoms with Crippen LogP contribution in [0.2, 0.25) is 0 Å². The average Bonchev–Trinajstić information content (AvgIpc) is 2.47. The lowest BCUT2D eigenvalue weighted by Gasteiger charge is -2.31. The molecule has 0 bridgehead atoms. The third kappa shape index (κ3) is 3.18. The normalized spacial score (nSPS) is 18.7. The topological polar surface area (TPSA) is 46.6 Å². The molecule has 1 atom stereocenters. The molecule has 0 radical (unpaired) electrons. The third-order valence-corrected chi connectivity index (χ3v) is 3.70. The molecular formula is C16H21NO3. The number of ether oxygens (including phenoxy) is 1. The van der Waals surface area contributed by atoms with Gasteiger partial charge in [-0.1, -0.05) is 18.2 Å². The number of carbonyl (C=O) groups excluding carboxylic acids is 2. The van der Waals surface area contributed by atoms with Gasteiger partial charge >= 0.3 is 5.97 Å². The van der Waals surface area contributed by atoms with E-state index >= 15 is 0 Å². The maximum absolute atomic E-state index is 12.5. The molecule has 20 heavy (non-hydrogen) atoms. The van der Waals surface area contributed by atoms with Crippen LogP contribution in [-0.2, 0) is 9.53 Å². The lowest BCUT2D eigenvalue weighted by molar-refractivity contribution is -0.149. The molecule has 1 heterocycles. The highest BCUT2D eigenvalue weighted by molar-refractivity contribution is 5.96. The second kappa shape index (κ2) is 6.55. The number of hydrogen-bond donors (Lipinski definition) is 0. The molecule has 1 fully saturated rings. The number of carbonyl (C=O) groups is 2. The number of likely N-dealkylation sites (tertiary alicyclic amines) is 1. The first-order chi connectivity index (χ1) is 9.63. The van der Waals surface area contributed by atoms with Gasteiger partial charge in [0.05, 0.1) is 12.5 Å². The summed E-state index contributed by atoms with van der Waals surface area (Å²) in [6.07, 6.45) is 1.65. The zero-order chi connectivity index (χ0) is 14.5. The zero-order valence-corrected chi connectivity index (χ0v) is 12.1. The monoisotopic (exact) mass is 275 g/mol. The number of amides is 1. The molecule has 0 aromatic heterocycles. The quantitative estimate of drug-likeness (QED) is 0.796. The van der Waals surface area contributed by atoms with Crippen molar-refractivity contribution in [3.63, 3.8) is 0 Å². The van der Waals surface area contributed by atoms with Crippen LogP contribution in [0.4, 0.5) is 0 Å². The van der Waals surface area contributed by atoms with Crippen LogP contribution >= 0.6 is 0 Å². The van der Waals surface area contributed by atoms with Crippen molar-refractivity contribution >= 4 is 11.9 Å². The van der Waals surface area contributed by atoms with Crippen LogP contribution < -0.4 is 0 Å². The minimum absolute atomic E-state index is 0.0112. The lowest BCUT2D eigenvalue weighted by Crippen LogP contribution is -2.43. The van der Waals surface area contributed by atoms with Crippen molar-refractivity contribution in [1.82, 2.24) is 4.90 Å². The molecule has 0 unspecified atom stereocenters. The molecule has 4 nitrogen and oxygen atoms in total. The van der Waals surface area contributed by atoms with E-state index in [1.165, 1.54) is 0 Å². The van der Waals surface area contributed by atoms with Crippen LogP contribution in [0.15, 0.2) is 24.3 Å². The van der Waals surface area contributed by atoms with E-state index in [1.807, 2.05) is 31.2 Å². The van der Waals surface area contributed by atoms with E-state index in [0.29, 0.717) is 19.7 Å². The number of rotatable bonds is 3. The van der Waals surface area contributed by atoms with Gasteiger partial charge in [0.25, 0.3) is 5.91 Å². The fourth-order valence-electron chi connectivity index (χ4n) is 2.60. The summed E-state index contributed by atoms with van der Waals surface area (Å²) in [6, 6.07) is 7.56. The van der Waals surface area contributed by atoms with Crippen molar-refractivity contribution in [3.05, 3.63) is 35.4 Å². The second-order valence-electron chi connectivity index (χ2n) is 5.16. The first-order valence-electron chi connectivity index (χ1n) is 7.15. The number of nitrogens with zero attached hydrogens (tertiary/aromatic N) is 1. The van der Waals surface area contributed by atoms with Crippen LogP contribution in [0.5, 0.6) is 0 Å².